The van der Waals surface area contributed by atoms with Crippen LogP contribution in [0.2, 0.25) is 0 Å². The van der Waals surface area contributed by atoms with Crippen molar-refractivity contribution in [3.8, 4) is 0 Å². The summed E-state index contributed by atoms with van der Waals surface area (Å²) in [6, 6.07) is 7.00. The van der Waals surface area contributed by atoms with Crippen molar-refractivity contribution >= 4 is 10.0 Å². The summed E-state index contributed by atoms with van der Waals surface area (Å²) in [5.41, 5.74) is 1.08. The van der Waals surface area contributed by atoms with Crippen LogP contribution in [-0.4, -0.2) is 34.2 Å². The molecule has 0 unspecified atom stereocenters. The Bertz CT molecular complexity index is 508. The van der Waals surface area contributed by atoms with Crippen LogP contribution in [0.3, 0.4) is 0 Å². The van der Waals surface area contributed by atoms with Gasteiger partial charge in [0.15, 0.2) is 0 Å². The van der Waals surface area contributed by atoms with E-state index in [4.69, 9.17) is 4.74 Å². The average molecular weight is 298 g/mol. The molecule has 5 nitrogen and oxygen atoms in total. The van der Waals surface area contributed by atoms with E-state index in [2.05, 4.69) is 10.0 Å². The largest absolute Gasteiger partial charge is 0.381 e. The second-order valence-corrected chi connectivity index (χ2v) is 6.65. The minimum atomic E-state index is -3.42. The third-order valence-electron chi connectivity index (χ3n) is 3.36. The van der Waals surface area contributed by atoms with Gasteiger partial charge in [-0.1, -0.05) is 19.1 Å². The predicted octanol–water partition coefficient (Wildman–Crippen LogP) is 1.25. The summed E-state index contributed by atoms with van der Waals surface area (Å²) >= 11 is 0. The van der Waals surface area contributed by atoms with Crippen molar-refractivity contribution in [3.63, 3.8) is 0 Å². The Morgan fingerprint density at radius 2 is 1.85 bits per heavy atom. The molecule has 1 aliphatic heterocycles. The molecule has 0 aliphatic carbocycles. The highest BCUT2D eigenvalue weighted by Gasteiger charge is 2.21. The van der Waals surface area contributed by atoms with E-state index in [1.165, 1.54) is 0 Å². The van der Waals surface area contributed by atoms with Gasteiger partial charge in [0.25, 0.3) is 0 Å². The minimum absolute atomic E-state index is 0.0183. The van der Waals surface area contributed by atoms with Gasteiger partial charge in [0, 0.05) is 25.8 Å². The highest BCUT2D eigenvalue weighted by molar-refractivity contribution is 7.89. The van der Waals surface area contributed by atoms with Gasteiger partial charge in [-0.2, -0.15) is 0 Å². The third kappa shape index (κ3) is 4.28. The van der Waals surface area contributed by atoms with Crippen LogP contribution < -0.4 is 10.0 Å². The van der Waals surface area contributed by atoms with Crippen LogP contribution in [0.4, 0.5) is 0 Å². The van der Waals surface area contributed by atoms with Crippen LogP contribution in [0, 0.1) is 0 Å². The van der Waals surface area contributed by atoms with Gasteiger partial charge in [-0.25, -0.2) is 13.1 Å². The molecule has 0 atom stereocenters. The molecule has 1 fully saturated rings. The lowest BCUT2D eigenvalue weighted by molar-refractivity contribution is 0.0832. The molecule has 6 heteroatoms. The molecular formula is C14H22N2O3S. The fraction of sp³-hybridized carbons (Fsp3) is 0.571. The molecule has 0 radical (unpaired) electrons. The molecule has 0 aromatic heterocycles. The molecule has 1 heterocycles. The van der Waals surface area contributed by atoms with E-state index in [1.807, 2.05) is 19.1 Å². The maximum Gasteiger partial charge on any atom is 0.240 e. The number of nitrogens with one attached hydrogen (secondary N) is 2. The minimum Gasteiger partial charge on any atom is -0.381 e. The highest BCUT2D eigenvalue weighted by Crippen LogP contribution is 2.14. The molecule has 0 amide bonds. The van der Waals surface area contributed by atoms with E-state index in [0.29, 0.717) is 18.1 Å². The standard InChI is InChI=1S/C14H22N2O3S/c1-2-15-11-12-3-5-14(6-4-12)20(17,18)16-13-7-9-19-10-8-13/h3-6,13,15-16H,2,7-11H2,1H3. The van der Waals surface area contributed by atoms with E-state index in [0.717, 1.165) is 31.5 Å². The topological polar surface area (TPSA) is 67.4 Å². The van der Waals surface area contributed by atoms with E-state index < -0.39 is 10.0 Å². The molecule has 0 spiro atoms. The van der Waals surface area contributed by atoms with Crippen LogP contribution >= 0.6 is 0 Å². The van der Waals surface area contributed by atoms with Gasteiger partial charge < -0.3 is 10.1 Å². The van der Waals surface area contributed by atoms with Crippen molar-refractivity contribution in [2.45, 2.75) is 37.2 Å². The predicted molar refractivity (Wildman–Crippen MR) is 78.0 cm³/mol. The molecule has 20 heavy (non-hydrogen) atoms. The number of rotatable bonds is 6. The molecule has 112 valence electrons. The molecule has 1 aromatic carbocycles. The van der Waals surface area contributed by atoms with Gasteiger partial charge in [0.05, 0.1) is 4.90 Å². The summed E-state index contributed by atoms with van der Waals surface area (Å²) < 4.78 is 32.5. The highest BCUT2D eigenvalue weighted by atomic mass is 32.2. The summed E-state index contributed by atoms with van der Waals surface area (Å²) in [7, 11) is -3.42. The van der Waals surface area contributed by atoms with Gasteiger partial charge in [-0.3, -0.25) is 0 Å². The fourth-order valence-electron chi connectivity index (χ4n) is 2.16. The molecular weight excluding hydrogens is 276 g/mol. The van der Waals surface area contributed by atoms with Crippen molar-refractivity contribution in [1.82, 2.24) is 10.0 Å². The Kier molecular flexibility index (Phi) is 5.54. The van der Waals surface area contributed by atoms with Gasteiger partial charge in [-0.15, -0.1) is 0 Å². The van der Waals surface area contributed by atoms with Crippen molar-refractivity contribution < 1.29 is 13.2 Å². The second-order valence-electron chi connectivity index (χ2n) is 4.93. The molecule has 0 bridgehead atoms. The normalized spacial score (nSPS) is 17.2. The van der Waals surface area contributed by atoms with Crippen molar-refractivity contribution in [3.05, 3.63) is 29.8 Å². The van der Waals surface area contributed by atoms with Crippen molar-refractivity contribution in [2.75, 3.05) is 19.8 Å². The van der Waals surface area contributed by atoms with Crippen molar-refractivity contribution in [2.24, 2.45) is 0 Å². The third-order valence-corrected chi connectivity index (χ3v) is 4.89. The van der Waals surface area contributed by atoms with E-state index in [1.54, 1.807) is 12.1 Å². The van der Waals surface area contributed by atoms with Gasteiger partial charge in [0.1, 0.15) is 0 Å². The van der Waals surface area contributed by atoms with Crippen LogP contribution in [0.5, 0.6) is 0 Å². The summed E-state index contributed by atoms with van der Waals surface area (Å²) in [6.45, 7) is 4.93. The lowest BCUT2D eigenvalue weighted by Gasteiger charge is -2.23. The van der Waals surface area contributed by atoms with Gasteiger partial charge in [0.2, 0.25) is 10.0 Å². The zero-order valence-electron chi connectivity index (χ0n) is 11.8. The first-order chi connectivity index (χ1) is 9.62. The number of benzene rings is 1. The smallest absolute Gasteiger partial charge is 0.240 e. The second kappa shape index (κ2) is 7.17. The molecule has 0 saturated carbocycles. The summed E-state index contributed by atoms with van der Waals surface area (Å²) in [6.07, 6.45) is 1.47. The summed E-state index contributed by atoms with van der Waals surface area (Å²) in [4.78, 5) is 0.323. The first-order valence-corrected chi connectivity index (χ1v) is 8.50. The summed E-state index contributed by atoms with van der Waals surface area (Å²) in [5.74, 6) is 0. The quantitative estimate of drug-likeness (QED) is 0.829. The average Bonchev–Trinajstić information content (AvgIpc) is 2.46. The maximum atomic E-state index is 12.3. The molecule has 1 aliphatic rings. The van der Waals surface area contributed by atoms with E-state index >= 15 is 0 Å². The Hall–Kier alpha value is -0.950. The zero-order valence-corrected chi connectivity index (χ0v) is 12.6. The zero-order chi connectivity index (χ0) is 14.4. The van der Waals surface area contributed by atoms with Gasteiger partial charge >= 0.3 is 0 Å². The SMILES string of the molecule is CCNCc1ccc(S(=O)(=O)NC2CCOCC2)cc1. The van der Waals surface area contributed by atoms with Crippen LogP contribution in [-0.2, 0) is 21.3 Å². The molecule has 2 rings (SSSR count). The Morgan fingerprint density at radius 3 is 2.45 bits per heavy atom. The Labute approximate surface area is 120 Å². The Morgan fingerprint density at radius 1 is 1.20 bits per heavy atom. The first kappa shape index (κ1) is 15.4. The maximum absolute atomic E-state index is 12.3. The lowest BCUT2D eigenvalue weighted by Crippen LogP contribution is -2.38. The number of hydrogen-bond donors (Lipinski definition) is 2. The Balaban J connectivity index is 2.01. The van der Waals surface area contributed by atoms with Crippen LogP contribution in [0.1, 0.15) is 25.3 Å². The van der Waals surface area contributed by atoms with E-state index in [9.17, 15) is 8.42 Å². The molecule has 1 saturated heterocycles. The lowest BCUT2D eigenvalue weighted by atomic mass is 10.1. The fourth-order valence-corrected chi connectivity index (χ4v) is 3.46. The van der Waals surface area contributed by atoms with E-state index in [-0.39, 0.29) is 6.04 Å². The van der Waals surface area contributed by atoms with Crippen molar-refractivity contribution in [1.29, 1.82) is 0 Å². The molecule has 1 aromatic rings. The number of ether oxygens (including phenoxy) is 1. The van der Waals surface area contributed by atoms with Gasteiger partial charge in [-0.05, 0) is 37.1 Å². The summed E-state index contributed by atoms with van der Waals surface area (Å²) in [5, 5.41) is 3.21. The number of hydrogen-bond acceptors (Lipinski definition) is 4. The van der Waals surface area contributed by atoms with Crippen LogP contribution in [0.25, 0.3) is 0 Å². The van der Waals surface area contributed by atoms with Crippen LogP contribution in [0.15, 0.2) is 29.2 Å². The molecule has 2 N–H and O–H groups in total. The monoisotopic (exact) mass is 298 g/mol. The number of sulfonamides is 1. The first-order valence-electron chi connectivity index (χ1n) is 7.01.